The number of aryl methyl sites for hydroxylation is 2. The predicted molar refractivity (Wildman–Crippen MR) is 133 cm³/mol. The Hall–Kier alpha value is -1.69. The average molecular weight is 456 g/mol. The number of aliphatic hydroxyl groups excluding tert-OH is 1. The summed E-state index contributed by atoms with van der Waals surface area (Å²) in [5.41, 5.74) is 4.72. The summed E-state index contributed by atoms with van der Waals surface area (Å²) in [6.07, 6.45) is 5.49. The van der Waals surface area contributed by atoms with Crippen LogP contribution in [0.2, 0.25) is 0 Å². The normalized spacial score (nSPS) is 19.0. The molecule has 4 rings (SSSR count). The molecular formula is C27H37NO3S. The summed E-state index contributed by atoms with van der Waals surface area (Å²) in [4.78, 5) is 1.17. The summed E-state index contributed by atoms with van der Waals surface area (Å²) >= 11 is 1.76. The van der Waals surface area contributed by atoms with E-state index >= 15 is 0 Å². The monoisotopic (exact) mass is 455 g/mol. The summed E-state index contributed by atoms with van der Waals surface area (Å²) in [5, 5.41) is 10.1. The van der Waals surface area contributed by atoms with Gasteiger partial charge in [-0.25, -0.2) is 0 Å². The van der Waals surface area contributed by atoms with Gasteiger partial charge in [0.25, 0.3) is 0 Å². The molecule has 0 aromatic heterocycles. The molecule has 1 atom stereocenters. The molecule has 0 bridgehead atoms. The molecule has 0 spiro atoms. The van der Waals surface area contributed by atoms with E-state index in [1.54, 1.807) is 11.9 Å². The second kappa shape index (κ2) is 11.0. The molecule has 32 heavy (non-hydrogen) atoms. The fourth-order valence-electron chi connectivity index (χ4n) is 4.71. The molecule has 2 aromatic carbocycles. The molecule has 0 aliphatic carbocycles. The molecular weight excluding hydrogens is 418 g/mol. The van der Waals surface area contributed by atoms with E-state index in [2.05, 4.69) is 61.5 Å². The van der Waals surface area contributed by atoms with Crippen LogP contribution in [0.25, 0.3) is 0 Å². The highest BCUT2D eigenvalue weighted by Gasteiger charge is 2.31. The summed E-state index contributed by atoms with van der Waals surface area (Å²) in [6, 6.07) is 13.3. The maximum absolute atomic E-state index is 10.1. The number of fused-ring (bicyclic) bond motifs is 1. The van der Waals surface area contributed by atoms with Crippen molar-refractivity contribution in [3.63, 3.8) is 0 Å². The lowest BCUT2D eigenvalue weighted by atomic mass is 9.87. The van der Waals surface area contributed by atoms with Crippen LogP contribution in [0.5, 0.6) is 5.75 Å². The van der Waals surface area contributed by atoms with E-state index in [1.165, 1.54) is 21.7 Å². The van der Waals surface area contributed by atoms with E-state index in [4.69, 9.17) is 9.47 Å². The van der Waals surface area contributed by atoms with Crippen LogP contribution in [-0.2, 0) is 24.2 Å². The van der Waals surface area contributed by atoms with Gasteiger partial charge in [-0.15, -0.1) is 0 Å². The van der Waals surface area contributed by atoms with Gasteiger partial charge in [0, 0.05) is 41.8 Å². The average Bonchev–Trinajstić information content (AvgIpc) is 2.83. The molecule has 1 fully saturated rings. The lowest BCUT2D eigenvalue weighted by Crippen LogP contribution is -2.35. The Labute approximate surface area is 197 Å². The molecule has 4 nitrogen and oxygen atoms in total. The van der Waals surface area contributed by atoms with Crippen molar-refractivity contribution >= 4 is 17.6 Å². The van der Waals surface area contributed by atoms with Crippen LogP contribution < -0.4 is 9.04 Å². The largest absolute Gasteiger partial charge is 0.489 e. The molecule has 2 heterocycles. The van der Waals surface area contributed by atoms with E-state index in [0.29, 0.717) is 11.8 Å². The van der Waals surface area contributed by atoms with Crippen molar-refractivity contribution in [2.45, 2.75) is 70.5 Å². The minimum absolute atomic E-state index is 0.00656. The number of benzene rings is 2. The van der Waals surface area contributed by atoms with Crippen LogP contribution in [0, 0.1) is 11.8 Å². The Morgan fingerprint density at radius 1 is 1.09 bits per heavy atom. The smallest absolute Gasteiger partial charge is 0.128 e. The van der Waals surface area contributed by atoms with Crippen LogP contribution in [0.15, 0.2) is 41.3 Å². The summed E-state index contributed by atoms with van der Waals surface area (Å²) in [7, 11) is 0. The van der Waals surface area contributed by atoms with Crippen LogP contribution in [0.4, 0.5) is 5.69 Å². The highest BCUT2D eigenvalue weighted by Crippen LogP contribution is 2.40. The first-order valence-corrected chi connectivity index (χ1v) is 12.9. The predicted octanol–water partition coefficient (Wildman–Crippen LogP) is 6.03. The number of hydrogen-bond acceptors (Lipinski definition) is 5. The SMILES string of the molecule is CCc1ccc(N(CC(C)C)Sc2cc(CO)c3c(c2)CCC(C2CCOCC2)O3)cc1. The second-order valence-corrected chi connectivity index (χ2v) is 10.5. The zero-order valence-corrected chi connectivity index (χ0v) is 20.5. The highest BCUT2D eigenvalue weighted by molar-refractivity contribution is 8.00. The molecule has 2 aliphatic rings. The molecule has 0 amide bonds. The summed E-state index contributed by atoms with van der Waals surface area (Å²) in [6.45, 7) is 9.34. The van der Waals surface area contributed by atoms with Crippen LogP contribution in [-0.4, -0.2) is 31.0 Å². The van der Waals surface area contributed by atoms with Crippen molar-refractivity contribution in [2.24, 2.45) is 11.8 Å². The molecule has 2 aliphatic heterocycles. The van der Waals surface area contributed by atoms with Crippen LogP contribution in [0.1, 0.15) is 56.7 Å². The fourth-order valence-corrected chi connectivity index (χ4v) is 5.95. The topological polar surface area (TPSA) is 41.9 Å². The number of anilines is 1. The van der Waals surface area contributed by atoms with Crippen molar-refractivity contribution in [1.29, 1.82) is 0 Å². The van der Waals surface area contributed by atoms with Gasteiger partial charge in [0.05, 0.1) is 6.61 Å². The van der Waals surface area contributed by atoms with Gasteiger partial charge < -0.3 is 18.9 Å². The van der Waals surface area contributed by atoms with E-state index in [-0.39, 0.29) is 12.7 Å². The number of hydrogen-bond donors (Lipinski definition) is 1. The van der Waals surface area contributed by atoms with E-state index in [1.807, 2.05) is 0 Å². The van der Waals surface area contributed by atoms with Gasteiger partial charge in [-0.05, 0) is 85.4 Å². The standard InChI is InChI=1S/C27H37NO3S/c1-4-20-5-8-24(9-6-20)28(17-19(2)3)32-25-15-22-7-10-26(21-11-13-30-14-12-21)31-27(22)23(16-25)18-29/h5-6,8-9,15-16,19,21,26,29H,4,7,10-14,17-18H2,1-3H3. The minimum Gasteiger partial charge on any atom is -0.489 e. The highest BCUT2D eigenvalue weighted by atomic mass is 32.2. The maximum Gasteiger partial charge on any atom is 0.128 e. The number of rotatable bonds is 8. The number of nitrogens with zero attached hydrogens (tertiary/aromatic N) is 1. The van der Waals surface area contributed by atoms with Crippen molar-refractivity contribution in [3.8, 4) is 5.75 Å². The number of ether oxygens (including phenoxy) is 2. The zero-order valence-electron chi connectivity index (χ0n) is 19.7. The second-order valence-electron chi connectivity index (χ2n) is 9.44. The summed E-state index contributed by atoms with van der Waals surface area (Å²) in [5.74, 6) is 2.03. The Morgan fingerprint density at radius 2 is 1.84 bits per heavy atom. The van der Waals surface area contributed by atoms with Gasteiger partial charge in [-0.3, -0.25) is 0 Å². The Morgan fingerprint density at radius 3 is 2.50 bits per heavy atom. The summed E-state index contributed by atoms with van der Waals surface area (Å²) < 4.78 is 14.4. The van der Waals surface area contributed by atoms with Crippen molar-refractivity contribution in [2.75, 3.05) is 24.1 Å². The van der Waals surface area contributed by atoms with Gasteiger partial charge in [-0.2, -0.15) is 0 Å². The Balaban J connectivity index is 1.55. The lowest BCUT2D eigenvalue weighted by Gasteiger charge is -2.35. The maximum atomic E-state index is 10.1. The third-order valence-electron chi connectivity index (χ3n) is 6.52. The van der Waals surface area contributed by atoms with E-state index < -0.39 is 0 Å². The first-order valence-electron chi connectivity index (χ1n) is 12.1. The fraction of sp³-hybridized carbons (Fsp3) is 0.556. The van der Waals surface area contributed by atoms with Crippen LogP contribution in [0.3, 0.4) is 0 Å². The molecule has 1 N–H and O–H groups in total. The van der Waals surface area contributed by atoms with Gasteiger partial charge >= 0.3 is 0 Å². The molecule has 174 valence electrons. The molecule has 5 heteroatoms. The first-order chi connectivity index (χ1) is 15.6. The van der Waals surface area contributed by atoms with Gasteiger partial charge in [0.1, 0.15) is 11.9 Å². The van der Waals surface area contributed by atoms with E-state index in [9.17, 15) is 5.11 Å². The van der Waals surface area contributed by atoms with Crippen molar-refractivity contribution < 1.29 is 14.6 Å². The third kappa shape index (κ3) is 5.62. The molecule has 1 saturated heterocycles. The quantitative estimate of drug-likeness (QED) is 0.492. The Bertz CT molecular complexity index is 860. The van der Waals surface area contributed by atoms with Crippen LogP contribution >= 0.6 is 11.9 Å². The Kier molecular flexibility index (Phi) is 8.03. The van der Waals surface area contributed by atoms with E-state index in [0.717, 1.165) is 63.2 Å². The molecule has 1 unspecified atom stereocenters. The van der Waals surface area contributed by atoms with Gasteiger partial charge in [0.15, 0.2) is 0 Å². The lowest BCUT2D eigenvalue weighted by molar-refractivity contribution is 0.0101. The zero-order chi connectivity index (χ0) is 22.5. The molecule has 0 saturated carbocycles. The van der Waals surface area contributed by atoms with Crippen molar-refractivity contribution in [3.05, 3.63) is 53.1 Å². The van der Waals surface area contributed by atoms with Gasteiger partial charge in [-0.1, -0.05) is 32.9 Å². The molecule has 2 aromatic rings. The first kappa shape index (κ1) is 23.5. The minimum atomic E-state index is 0.00656. The molecule has 0 radical (unpaired) electrons. The van der Waals surface area contributed by atoms with Gasteiger partial charge in [0.2, 0.25) is 0 Å². The number of aliphatic hydroxyl groups is 1. The van der Waals surface area contributed by atoms with Crippen molar-refractivity contribution in [1.82, 2.24) is 0 Å². The third-order valence-corrected chi connectivity index (χ3v) is 7.55.